The lowest BCUT2D eigenvalue weighted by atomic mass is 10.2. The van der Waals surface area contributed by atoms with Crippen molar-refractivity contribution in [3.05, 3.63) is 78.2 Å². The van der Waals surface area contributed by atoms with Crippen molar-refractivity contribution in [2.24, 2.45) is 0 Å². The number of amides is 1. The SMILES string of the molecule is CN(Cc1nnc(-c2ccccc2)o1)C(=O)/C=C/c1ccccc1. The van der Waals surface area contributed by atoms with Gasteiger partial charge in [0.05, 0.1) is 6.54 Å². The molecule has 5 heteroatoms. The molecule has 3 rings (SSSR count). The molecule has 3 aromatic rings. The van der Waals surface area contributed by atoms with Gasteiger partial charge in [0.1, 0.15) is 0 Å². The zero-order valence-corrected chi connectivity index (χ0v) is 13.3. The largest absolute Gasteiger partial charge is 0.419 e. The minimum absolute atomic E-state index is 0.127. The molecule has 0 unspecified atom stereocenters. The predicted octanol–water partition coefficient (Wildman–Crippen LogP) is 3.41. The Bertz CT molecular complexity index is 826. The molecular formula is C19H17N3O2. The molecule has 5 nitrogen and oxygen atoms in total. The Morgan fingerprint density at radius 1 is 1.04 bits per heavy atom. The summed E-state index contributed by atoms with van der Waals surface area (Å²) in [5.74, 6) is 0.724. The van der Waals surface area contributed by atoms with E-state index < -0.39 is 0 Å². The van der Waals surface area contributed by atoms with Gasteiger partial charge >= 0.3 is 0 Å². The quantitative estimate of drug-likeness (QED) is 0.676. The molecule has 0 aliphatic heterocycles. The minimum Gasteiger partial charge on any atom is -0.419 e. The Hall–Kier alpha value is -3.21. The van der Waals surface area contributed by atoms with Crippen LogP contribution in [0.5, 0.6) is 0 Å². The number of hydrogen-bond donors (Lipinski definition) is 0. The van der Waals surface area contributed by atoms with Crippen LogP contribution in [0.1, 0.15) is 11.5 Å². The van der Waals surface area contributed by atoms with E-state index in [1.165, 1.54) is 11.0 Å². The molecule has 0 saturated carbocycles. The zero-order chi connectivity index (χ0) is 16.8. The molecule has 0 N–H and O–H groups in total. The standard InChI is InChI=1S/C19H17N3O2/c1-22(18(23)13-12-15-8-4-2-5-9-15)14-17-20-21-19(24-17)16-10-6-3-7-11-16/h2-13H,14H2,1H3/b13-12+. The Morgan fingerprint density at radius 3 is 2.42 bits per heavy atom. The molecule has 1 aromatic heterocycles. The van der Waals surface area contributed by atoms with Crippen molar-refractivity contribution in [2.75, 3.05) is 7.05 Å². The maximum Gasteiger partial charge on any atom is 0.247 e. The minimum atomic E-state index is -0.127. The number of hydrogen-bond acceptors (Lipinski definition) is 4. The van der Waals surface area contributed by atoms with Crippen LogP contribution in [0.2, 0.25) is 0 Å². The summed E-state index contributed by atoms with van der Waals surface area (Å²) < 4.78 is 5.61. The van der Waals surface area contributed by atoms with Gasteiger partial charge in [-0.3, -0.25) is 4.79 Å². The van der Waals surface area contributed by atoms with E-state index in [2.05, 4.69) is 10.2 Å². The molecule has 120 valence electrons. The first-order chi connectivity index (χ1) is 11.7. The highest BCUT2D eigenvalue weighted by molar-refractivity contribution is 5.91. The molecule has 2 aromatic carbocycles. The summed E-state index contributed by atoms with van der Waals surface area (Å²) in [6.07, 6.45) is 3.31. The third-order valence-corrected chi connectivity index (χ3v) is 3.45. The number of benzene rings is 2. The van der Waals surface area contributed by atoms with E-state index in [1.54, 1.807) is 13.1 Å². The number of likely N-dealkylation sites (N-methyl/N-ethyl adjacent to an activating group) is 1. The van der Waals surface area contributed by atoms with Gasteiger partial charge in [0.2, 0.25) is 17.7 Å². The van der Waals surface area contributed by atoms with Crippen LogP contribution in [0.4, 0.5) is 0 Å². The van der Waals surface area contributed by atoms with Crippen molar-refractivity contribution in [1.82, 2.24) is 15.1 Å². The van der Waals surface area contributed by atoms with Gasteiger partial charge in [-0.15, -0.1) is 10.2 Å². The van der Waals surface area contributed by atoms with E-state index in [1.807, 2.05) is 60.7 Å². The predicted molar refractivity (Wildman–Crippen MR) is 91.7 cm³/mol. The third-order valence-electron chi connectivity index (χ3n) is 3.45. The van der Waals surface area contributed by atoms with Gasteiger partial charge in [0, 0.05) is 18.7 Å². The number of carbonyl (C=O) groups is 1. The van der Waals surface area contributed by atoms with E-state index >= 15 is 0 Å². The van der Waals surface area contributed by atoms with E-state index in [-0.39, 0.29) is 12.5 Å². The molecule has 0 spiro atoms. The second kappa shape index (κ2) is 7.37. The Balaban J connectivity index is 1.62. The summed E-state index contributed by atoms with van der Waals surface area (Å²) in [5.41, 5.74) is 1.83. The topological polar surface area (TPSA) is 59.2 Å². The van der Waals surface area contributed by atoms with Gasteiger partial charge < -0.3 is 9.32 Å². The highest BCUT2D eigenvalue weighted by atomic mass is 16.4. The van der Waals surface area contributed by atoms with Crippen LogP contribution in [0.3, 0.4) is 0 Å². The molecule has 0 atom stereocenters. The molecule has 0 bridgehead atoms. The van der Waals surface area contributed by atoms with Gasteiger partial charge in [-0.1, -0.05) is 48.5 Å². The molecule has 0 saturated heterocycles. The lowest BCUT2D eigenvalue weighted by molar-refractivity contribution is -0.125. The zero-order valence-electron chi connectivity index (χ0n) is 13.3. The molecule has 1 heterocycles. The molecule has 0 aliphatic rings. The van der Waals surface area contributed by atoms with E-state index in [0.29, 0.717) is 11.8 Å². The van der Waals surface area contributed by atoms with Crippen molar-refractivity contribution < 1.29 is 9.21 Å². The summed E-state index contributed by atoms with van der Waals surface area (Å²) in [5, 5.41) is 8.02. The third kappa shape index (κ3) is 3.95. The number of aromatic nitrogens is 2. The van der Waals surface area contributed by atoms with Gasteiger partial charge in [-0.05, 0) is 23.8 Å². The van der Waals surface area contributed by atoms with Crippen LogP contribution >= 0.6 is 0 Å². The highest BCUT2D eigenvalue weighted by Gasteiger charge is 2.12. The van der Waals surface area contributed by atoms with Crippen molar-refractivity contribution in [1.29, 1.82) is 0 Å². The van der Waals surface area contributed by atoms with Crippen LogP contribution in [0, 0.1) is 0 Å². The summed E-state index contributed by atoms with van der Waals surface area (Å²) in [6.45, 7) is 0.262. The monoisotopic (exact) mass is 319 g/mol. The van der Waals surface area contributed by atoms with E-state index in [9.17, 15) is 4.79 Å². The first-order valence-corrected chi connectivity index (χ1v) is 7.58. The first kappa shape index (κ1) is 15.7. The van der Waals surface area contributed by atoms with Crippen molar-refractivity contribution in [3.8, 4) is 11.5 Å². The fourth-order valence-corrected chi connectivity index (χ4v) is 2.15. The van der Waals surface area contributed by atoms with Gasteiger partial charge in [0.15, 0.2) is 0 Å². The fourth-order valence-electron chi connectivity index (χ4n) is 2.15. The number of rotatable bonds is 5. The fraction of sp³-hybridized carbons (Fsp3) is 0.105. The maximum absolute atomic E-state index is 12.1. The maximum atomic E-state index is 12.1. The Labute approximate surface area is 140 Å². The lowest BCUT2D eigenvalue weighted by Crippen LogP contribution is -2.24. The van der Waals surface area contributed by atoms with Gasteiger partial charge in [0.25, 0.3) is 0 Å². The average Bonchev–Trinajstić information content (AvgIpc) is 3.10. The van der Waals surface area contributed by atoms with Crippen molar-refractivity contribution in [2.45, 2.75) is 6.54 Å². The van der Waals surface area contributed by atoms with Crippen LogP contribution in [-0.2, 0) is 11.3 Å². The van der Waals surface area contributed by atoms with Crippen LogP contribution < -0.4 is 0 Å². The second-order valence-corrected chi connectivity index (χ2v) is 5.31. The number of carbonyl (C=O) groups excluding carboxylic acids is 1. The molecule has 24 heavy (non-hydrogen) atoms. The van der Waals surface area contributed by atoms with Crippen molar-refractivity contribution in [3.63, 3.8) is 0 Å². The van der Waals surface area contributed by atoms with Crippen LogP contribution in [0.15, 0.2) is 71.2 Å². The number of nitrogens with zero attached hydrogens (tertiary/aromatic N) is 3. The van der Waals surface area contributed by atoms with E-state index in [0.717, 1.165) is 11.1 Å². The smallest absolute Gasteiger partial charge is 0.247 e. The molecule has 0 aliphatic carbocycles. The van der Waals surface area contributed by atoms with E-state index in [4.69, 9.17) is 4.42 Å². The molecule has 1 amide bonds. The van der Waals surface area contributed by atoms with Gasteiger partial charge in [-0.2, -0.15) is 0 Å². The van der Waals surface area contributed by atoms with Crippen LogP contribution in [-0.4, -0.2) is 28.1 Å². The molecule has 0 fully saturated rings. The summed E-state index contributed by atoms with van der Waals surface area (Å²) >= 11 is 0. The van der Waals surface area contributed by atoms with Gasteiger partial charge in [-0.25, -0.2) is 0 Å². The normalized spacial score (nSPS) is 10.9. The van der Waals surface area contributed by atoms with Crippen molar-refractivity contribution >= 4 is 12.0 Å². The molecule has 0 radical (unpaired) electrons. The first-order valence-electron chi connectivity index (χ1n) is 7.58. The lowest BCUT2D eigenvalue weighted by Gasteiger charge is -2.11. The Kier molecular flexibility index (Phi) is 4.81. The average molecular weight is 319 g/mol. The second-order valence-electron chi connectivity index (χ2n) is 5.31. The summed E-state index contributed by atoms with van der Waals surface area (Å²) in [6, 6.07) is 19.2. The molecular weight excluding hydrogens is 302 g/mol. The summed E-state index contributed by atoms with van der Waals surface area (Å²) in [7, 11) is 1.70. The summed E-state index contributed by atoms with van der Waals surface area (Å²) in [4.78, 5) is 13.7. The highest BCUT2D eigenvalue weighted by Crippen LogP contribution is 2.17. The Morgan fingerprint density at radius 2 is 1.71 bits per heavy atom. The van der Waals surface area contributed by atoms with Crippen LogP contribution in [0.25, 0.3) is 17.5 Å².